The van der Waals surface area contributed by atoms with Crippen molar-refractivity contribution in [3.8, 4) is 5.75 Å². The number of rotatable bonds is 11. The van der Waals surface area contributed by atoms with Crippen LogP contribution in [-0.4, -0.2) is 41.8 Å². The highest BCUT2D eigenvalue weighted by molar-refractivity contribution is 5.89. The molecule has 0 amide bonds. The second-order valence-corrected chi connectivity index (χ2v) is 9.92. The summed E-state index contributed by atoms with van der Waals surface area (Å²) in [6.07, 6.45) is -6.39. The summed E-state index contributed by atoms with van der Waals surface area (Å²) in [5.74, 6) is -2.57. The van der Waals surface area contributed by atoms with E-state index in [0.29, 0.717) is 18.4 Å². The molecule has 3 rings (SSSR count). The number of fused-ring (bicyclic) bond motifs is 1. The first-order valence-electron chi connectivity index (χ1n) is 12.6. The second kappa shape index (κ2) is 12.4. The van der Waals surface area contributed by atoms with Crippen molar-refractivity contribution >= 4 is 16.7 Å². The lowest BCUT2D eigenvalue weighted by atomic mass is 9.87. The molecule has 0 radical (unpaired) electrons. The number of nitrogens with zero attached hydrogens (tertiary/aromatic N) is 1. The van der Waals surface area contributed by atoms with Crippen molar-refractivity contribution in [3.05, 3.63) is 41.5 Å². The molecular formula is C27H33F6NO3. The van der Waals surface area contributed by atoms with Crippen LogP contribution in [0.1, 0.15) is 68.9 Å². The largest absolute Gasteiger partial charge is 0.490 e. The number of ether oxygens (including phenoxy) is 1. The number of benzene rings is 2. The number of carboxylic acid groups (broad SMARTS) is 1. The van der Waals surface area contributed by atoms with Crippen LogP contribution in [-0.2, 0) is 17.5 Å². The monoisotopic (exact) mass is 533 g/mol. The zero-order valence-electron chi connectivity index (χ0n) is 20.8. The molecule has 2 aromatic carbocycles. The predicted octanol–water partition coefficient (Wildman–Crippen LogP) is 7.83. The second-order valence-electron chi connectivity index (χ2n) is 9.92. The van der Waals surface area contributed by atoms with Gasteiger partial charge in [0, 0.05) is 13.0 Å². The number of alkyl halides is 6. The number of hydrogen-bond acceptors (Lipinski definition) is 3. The molecule has 0 spiro atoms. The standard InChI is InChI=1S/C27H33F6NO3/c1-34(15-5-3-2-4-6-24(35)36)17-18-7-13-22-19(16-18)8-14-23(25(22)27(31,32)33)37-21-11-9-20(10-12-21)26(28,29)30/h7-8,13-14,16,20-21H,2-6,9-12,15,17H2,1H3,(H,35,36)/t20-,21+. The van der Waals surface area contributed by atoms with Crippen molar-refractivity contribution in [1.82, 2.24) is 4.90 Å². The maximum atomic E-state index is 14.1. The summed E-state index contributed by atoms with van der Waals surface area (Å²) in [7, 11) is 1.92. The lowest BCUT2D eigenvalue weighted by molar-refractivity contribution is -0.185. The number of halogens is 6. The zero-order valence-corrected chi connectivity index (χ0v) is 20.8. The average molecular weight is 534 g/mol. The first-order chi connectivity index (χ1) is 17.3. The van der Waals surface area contributed by atoms with Crippen LogP contribution in [0.4, 0.5) is 26.3 Å². The fourth-order valence-corrected chi connectivity index (χ4v) is 4.94. The summed E-state index contributed by atoms with van der Waals surface area (Å²) < 4.78 is 86.6. The average Bonchev–Trinajstić information content (AvgIpc) is 2.80. The number of hydrogen-bond donors (Lipinski definition) is 1. The molecule has 0 bridgehead atoms. The topological polar surface area (TPSA) is 49.8 Å². The number of carbonyl (C=O) groups is 1. The van der Waals surface area contributed by atoms with Crippen molar-refractivity contribution < 1.29 is 41.0 Å². The van der Waals surface area contributed by atoms with Crippen molar-refractivity contribution in [2.24, 2.45) is 5.92 Å². The van der Waals surface area contributed by atoms with E-state index in [1.807, 2.05) is 7.05 Å². The van der Waals surface area contributed by atoms with Gasteiger partial charge in [0.05, 0.1) is 12.0 Å². The van der Waals surface area contributed by atoms with Gasteiger partial charge in [-0.25, -0.2) is 0 Å². The summed E-state index contributed by atoms with van der Waals surface area (Å²) in [4.78, 5) is 12.6. The quantitative estimate of drug-likeness (QED) is 0.236. The third-order valence-electron chi connectivity index (χ3n) is 6.89. The first kappa shape index (κ1) is 29.1. The Morgan fingerprint density at radius 3 is 2.27 bits per heavy atom. The normalized spacial score (nSPS) is 18.9. The van der Waals surface area contributed by atoms with E-state index in [0.717, 1.165) is 31.4 Å². The van der Waals surface area contributed by atoms with Gasteiger partial charge in [-0.3, -0.25) is 4.79 Å². The summed E-state index contributed by atoms with van der Waals surface area (Å²) in [5, 5.41) is 9.09. The van der Waals surface area contributed by atoms with Crippen molar-refractivity contribution in [3.63, 3.8) is 0 Å². The number of aliphatic carboxylic acids is 1. The van der Waals surface area contributed by atoms with Gasteiger partial charge in [-0.2, -0.15) is 26.3 Å². The summed E-state index contributed by atoms with van der Waals surface area (Å²) in [5.41, 5.74) is -0.0441. The van der Waals surface area contributed by atoms with Gasteiger partial charge < -0.3 is 14.7 Å². The molecule has 0 heterocycles. The molecule has 1 aliphatic carbocycles. The van der Waals surface area contributed by atoms with Gasteiger partial charge in [0.25, 0.3) is 0 Å². The maximum Gasteiger partial charge on any atom is 0.420 e. The molecule has 1 N–H and O–H groups in total. The molecule has 0 aromatic heterocycles. The molecule has 2 aromatic rings. The third-order valence-corrected chi connectivity index (χ3v) is 6.89. The molecule has 0 aliphatic heterocycles. The van der Waals surface area contributed by atoms with Crippen LogP contribution < -0.4 is 4.74 Å². The van der Waals surface area contributed by atoms with E-state index < -0.39 is 35.9 Å². The van der Waals surface area contributed by atoms with Gasteiger partial charge in [0.2, 0.25) is 0 Å². The number of unbranched alkanes of at least 4 members (excludes halogenated alkanes) is 3. The summed E-state index contributed by atoms with van der Waals surface area (Å²) in [6, 6.07) is 7.63. The molecule has 10 heteroatoms. The minimum atomic E-state index is -4.68. The molecule has 0 saturated heterocycles. The van der Waals surface area contributed by atoms with Crippen molar-refractivity contribution in [2.75, 3.05) is 13.6 Å². The minimum Gasteiger partial charge on any atom is -0.490 e. The zero-order chi connectivity index (χ0) is 27.2. The van der Waals surface area contributed by atoms with E-state index in [2.05, 4.69) is 4.90 Å². The van der Waals surface area contributed by atoms with Crippen LogP contribution >= 0.6 is 0 Å². The van der Waals surface area contributed by atoms with Gasteiger partial charge in [-0.1, -0.05) is 31.0 Å². The van der Waals surface area contributed by atoms with Crippen LogP contribution in [0.25, 0.3) is 10.8 Å². The highest BCUT2D eigenvalue weighted by Crippen LogP contribution is 2.44. The fourth-order valence-electron chi connectivity index (χ4n) is 4.94. The first-order valence-corrected chi connectivity index (χ1v) is 12.6. The molecule has 1 aliphatic rings. The van der Waals surface area contributed by atoms with Gasteiger partial charge >= 0.3 is 18.3 Å². The lowest BCUT2D eigenvalue weighted by Gasteiger charge is -2.31. The molecule has 0 unspecified atom stereocenters. The Hall–Kier alpha value is -2.49. The molecular weight excluding hydrogens is 500 g/mol. The Morgan fingerprint density at radius 1 is 0.973 bits per heavy atom. The molecule has 1 saturated carbocycles. The molecule has 1 fully saturated rings. The molecule has 4 nitrogen and oxygen atoms in total. The summed E-state index contributed by atoms with van der Waals surface area (Å²) >= 11 is 0. The highest BCUT2D eigenvalue weighted by atomic mass is 19.4. The maximum absolute atomic E-state index is 14.1. The Balaban J connectivity index is 1.66. The minimum absolute atomic E-state index is 0.00110. The molecule has 37 heavy (non-hydrogen) atoms. The van der Waals surface area contributed by atoms with Gasteiger partial charge in [-0.05, 0) is 80.6 Å². The van der Waals surface area contributed by atoms with Crippen LogP contribution in [0.3, 0.4) is 0 Å². The van der Waals surface area contributed by atoms with Crippen LogP contribution in [0.2, 0.25) is 0 Å². The van der Waals surface area contributed by atoms with Gasteiger partial charge in [0.1, 0.15) is 11.3 Å². The van der Waals surface area contributed by atoms with Gasteiger partial charge in [-0.15, -0.1) is 0 Å². The Bertz CT molecular complexity index is 1040. The van der Waals surface area contributed by atoms with Crippen LogP contribution in [0.15, 0.2) is 30.3 Å². The molecule has 0 atom stereocenters. The molecule has 206 valence electrons. The predicted molar refractivity (Wildman–Crippen MR) is 128 cm³/mol. The SMILES string of the molecule is CN(CCCCCCC(=O)O)Cc1ccc2c(C(F)(F)F)c(O[C@H]3CC[C@@H](C(F)(F)F)CC3)ccc2c1. The van der Waals surface area contributed by atoms with Crippen LogP contribution in [0.5, 0.6) is 5.75 Å². The fraction of sp³-hybridized carbons (Fsp3) is 0.593. The summed E-state index contributed by atoms with van der Waals surface area (Å²) in [6.45, 7) is 1.33. The van der Waals surface area contributed by atoms with E-state index in [4.69, 9.17) is 9.84 Å². The van der Waals surface area contributed by atoms with E-state index in [-0.39, 0.29) is 43.2 Å². The highest BCUT2D eigenvalue weighted by Gasteiger charge is 2.42. The van der Waals surface area contributed by atoms with E-state index >= 15 is 0 Å². The van der Waals surface area contributed by atoms with E-state index in [1.54, 1.807) is 18.2 Å². The Morgan fingerprint density at radius 2 is 1.65 bits per heavy atom. The number of carboxylic acids is 1. The van der Waals surface area contributed by atoms with E-state index in [9.17, 15) is 31.1 Å². The van der Waals surface area contributed by atoms with Crippen molar-refractivity contribution in [1.29, 1.82) is 0 Å². The van der Waals surface area contributed by atoms with E-state index in [1.165, 1.54) is 12.1 Å². The Labute approximate surface area is 212 Å². The smallest absolute Gasteiger partial charge is 0.420 e. The van der Waals surface area contributed by atoms with Crippen LogP contribution in [0, 0.1) is 5.92 Å². The van der Waals surface area contributed by atoms with Gasteiger partial charge in [0.15, 0.2) is 0 Å². The lowest BCUT2D eigenvalue weighted by Crippen LogP contribution is -2.32. The Kier molecular flexibility index (Phi) is 9.72. The third kappa shape index (κ3) is 8.51. The van der Waals surface area contributed by atoms with Crippen molar-refractivity contribution in [2.45, 2.75) is 82.8 Å².